The summed E-state index contributed by atoms with van der Waals surface area (Å²) in [5.74, 6) is -0.976. The van der Waals surface area contributed by atoms with Crippen LogP contribution in [0.15, 0.2) is 5.16 Å². The first-order chi connectivity index (χ1) is 4.74. The molecule has 0 aromatic heterocycles. The highest BCUT2D eigenvalue weighted by Crippen LogP contribution is 2.12. The van der Waals surface area contributed by atoms with E-state index in [-0.39, 0.29) is 11.8 Å². The molecule has 0 saturated carbocycles. The van der Waals surface area contributed by atoms with Crippen LogP contribution in [0.4, 0.5) is 0 Å². The van der Waals surface area contributed by atoms with E-state index in [1.54, 1.807) is 0 Å². The van der Waals surface area contributed by atoms with Crippen LogP contribution in [0.5, 0.6) is 0 Å². The summed E-state index contributed by atoms with van der Waals surface area (Å²) in [6.07, 6.45) is 1.22. The lowest BCUT2D eigenvalue weighted by molar-refractivity contribution is -0.129. The Kier molecular flexibility index (Phi) is 1.89. The second-order valence-electron chi connectivity index (χ2n) is 2.18. The molecule has 0 aromatic carbocycles. The topological polar surface area (TPSA) is 58.9 Å². The van der Waals surface area contributed by atoms with Gasteiger partial charge in [-0.1, -0.05) is 12.1 Å². The van der Waals surface area contributed by atoms with Crippen molar-refractivity contribution in [1.82, 2.24) is 0 Å². The zero-order valence-corrected chi connectivity index (χ0v) is 5.70. The molecular formula is C6H9NO3. The summed E-state index contributed by atoms with van der Waals surface area (Å²) in [7, 11) is 0. The molecule has 0 bridgehead atoms. The molecule has 1 unspecified atom stereocenters. The SMILES string of the molecule is CCC1CC(C(=O)O)=NO1. The average Bonchev–Trinajstić information content (AvgIpc) is 2.34. The minimum absolute atomic E-state index is 0.0221. The highest BCUT2D eigenvalue weighted by Gasteiger charge is 2.23. The van der Waals surface area contributed by atoms with E-state index < -0.39 is 5.97 Å². The predicted molar refractivity (Wildman–Crippen MR) is 34.9 cm³/mol. The number of aliphatic carboxylic acids is 1. The molecule has 0 saturated heterocycles. The van der Waals surface area contributed by atoms with Gasteiger partial charge in [0.25, 0.3) is 0 Å². The van der Waals surface area contributed by atoms with E-state index in [0.717, 1.165) is 6.42 Å². The summed E-state index contributed by atoms with van der Waals surface area (Å²) < 4.78 is 0. The number of carbonyl (C=O) groups is 1. The van der Waals surface area contributed by atoms with Gasteiger partial charge >= 0.3 is 5.97 Å². The van der Waals surface area contributed by atoms with Crippen LogP contribution >= 0.6 is 0 Å². The predicted octanol–water partition coefficient (Wildman–Crippen LogP) is 0.626. The molecule has 0 aromatic rings. The Labute approximate surface area is 58.5 Å². The number of rotatable bonds is 2. The van der Waals surface area contributed by atoms with Gasteiger partial charge in [-0.15, -0.1) is 0 Å². The van der Waals surface area contributed by atoms with Crippen molar-refractivity contribution < 1.29 is 14.7 Å². The Morgan fingerprint density at radius 2 is 2.70 bits per heavy atom. The van der Waals surface area contributed by atoms with Gasteiger partial charge in [0.15, 0.2) is 5.71 Å². The fourth-order valence-electron chi connectivity index (χ4n) is 0.774. The van der Waals surface area contributed by atoms with Gasteiger partial charge in [0.2, 0.25) is 0 Å². The van der Waals surface area contributed by atoms with Crippen molar-refractivity contribution in [2.24, 2.45) is 5.16 Å². The molecule has 0 amide bonds. The fraction of sp³-hybridized carbons (Fsp3) is 0.667. The van der Waals surface area contributed by atoms with Crippen LogP contribution < -0.4 is 0 Å². The minimum Gasteiger partial charge on any atom is -0.477 e. The van der Waals surface area contributed by atoms with E-state index in [2.05, 4.69) is 5.16 Å². The molecule has 4 nitrogen and oxygen atoms in total. The summed E-state index contributed by atoms with van der Waals surface area (Å²) in [6, 6.07) is 0. The van der Waals surface area contributed by atoms with E-state index in [9.17, 15) is 4.79 Å². The lowest BCUT2D eigenvalue weighted by atomic mass is 10.1. The first-order valence-corrected chi connectivity index (χ1v) is 3.20. The summed E-state index contributed by atoms with van der Waals surface area (Å²) in [6.45, 7) is 1.94. The Morgan fingerprint density at radius 3 is 3.00 bits per heavy atom. The molecule has 0 spiro atoms. The number of hydrogen-bond donors (Lipinski definition) is 1. The highest BCUT2D eigenvalue weighted by molar-refractivity contribution is 6.35. The molecule has 0 aliphatic carbocycles. The Morgan fingerprint density at radius 1 is 2.00 bits per heavy atom. The number of nitrogens with zero attached hydrogens (tertiary/aromatic N) is 1. The molecule has 56 valence electrons. The molecule has 10 heavy (non-hydrogen) atoms. The van der Waals surface area contributed by atoms with Crippen LogP contribution in [0, 0.1) is 0 Å². The maximum atomic E-state index is 10.3. The highest BCUT2D eigenvalue weighted by atomic mass is 16.6. The van der Waals surface area contributed by atoms with E-state index in [0.29, 0.717) is 6.42 Å². The number of carboxylic acids is 1. The van der Waals surface area contributed by atoms with Gasteiger partial charge < -0.3 is 9.94 Å². The van der Waals surface area contributed by atoms with Crippen molar-refractivity contribution in [3.63, 3.8) is 0 Å². The molecule has 1 atom stereocenters. The van der Waals surface area contributed by atoms with Crippen molar-refractivity contribution in [3.05, 3.63) is 0 Å². The van der Waals surface area contributed by atoms with Gasteiger partial charge in [0.05, 0.1) is 0 Å². The van der Waals surface area contributed by atoms with E-state index in [1.807, 2.05) is 6.92 Å². The van der Waals surface area contributed by atoms with Gasteiger partial charge in [-0.25, -0.2) is 4.79 Å². The zero-order valence-electron chi connectivity index (χ0n) is 5.70. The molecule has 4 heteroatoms. The largest absolute Gasteiger partial charge is 0.477 e. The lowest BCUT2D eigenvalue weighted by Crippen LogP contribution is -2.13. The second kappa shape index (κ2) is 2.68. The number of carboxylic acid groups (broad SMARTS) is 1. The monoisotopic (exact) mass is 143 g/mol. The van der Waals surface area contributed by atoms with E-state index >= 15 is 0 Å². The Bertz CT molecular complexity index is 176. The van der Waals surface area contributed by atoms with Crippen LogP contribution in [0.1, 0.15) is 19.8 Å². The van der Waals surface area contributed by atoms with Crippen LogP contribution in [-0.4, -0.2) is 22.9 Å². The summed E-state index contributed by atoms with van der Waals surface area (Å²) >= 11 is 0. The standard InChI is InChI=1S/C6H9NO3/c1-2-4-3-5(6(8)9)7-10-4/h4H,2-3H2,1H3,(H,8,9). The fourth-order valence-corrected chi connectivity index (χ4v) is 0.774. The molecular weight excluding hydrogens is 134 g/mol. The smallest absolute Gasteiger partial charge is 0.353 e. The van der Waals surface area contributed by atoms with Crippen molar-refractivity contribution in [2.45, 2.75) is 25.9 Å². The lowest BCUT2D eigenvalue weighted by Gasteiger charge is -2.00. The third-order valence-corrected chi connectivity index (χ3v) is 1.44. The maximum Gasteiger partial charge on any atom is 0.353 e. The van der Waals surface area contributed by atoms with E-state index in [4.69, 9.17) is 9.94 Å². The Balaban J connectivity index is 2.47. The third kappa shape index (κ3) is 1.26. The van der Waals surface area contributed by atoms with Crippen molar-refractivity contribution in [3.8, 4) is 0 Å². The van der Waals surface area contributed by atoms with Crippen molar-refractivity contribution in [1.29, 1.82) is 0 Å². The maximum absolute atomic E-state index is 10.3. The van der Waals surface area contributed by atoms with Crippen LogP contribution in [-0.2, 0) is 9.63 Å². The molecule has 0 radical (unpaired) electrons. The second-order valence-corrected chi connectivity index (χ2v) is 2.18. The molecule has 1 heterocycles. The van der Waals surface area contributed by atoms with E-state index in [1.165, 1.54) is 0 Å². The summed E-state index contributed by atoms with van der Waals surface area (Å²) in [5.41, 5.74) is 0.131. The zero-order chi connectivity index (χ0) is 7.56. The molecule has 0 fully saturated rings. The van der Waals surface area contributed by atoms with Crippen LogP contribution in [0.3, 0.4) is 0 Å². The summed E-state index contributed by atoms with van der Waals surface area (Å²) in [4.78, 5) is 15.0. The third-order valence-electron chi connectivity index (χ3n) is 1.44. The summed E-state index contributed by atoms with van der Waals surface area (Å²) in [5, 5.41) is 11.8. The van der Waals surface area contributed by atoms with Crippen molar-refractivity contribution in [2.75, 3.05) is 0 Å². The van der Waals surface area contributed by atoms with Crippen LogP contribution in [0.2, 0.25) is 0 Å². The average molecular weight is 143 g/mol. The number of hydrogen-bond acceptors (Lipinski definition) is 3. The normalized spacial score (nSPS) is 23.7. The molecule has 1 rings (SSSR count). The van der Waals surface area contributed by atoms with Gasteiger partial charge in [0.1, 0.15) is 6.10 Å². The first kappa shape index (κ1) is 7.05. The quantitative estimate of drug-likeness (QED) is 0.616. The first-order valence-electron chi connectivity index (χ1n) is 3.20. The van der Waals surface area contributed by atoms with Gasteiger partial charge in [-0.05, 0) is 6.42 Å². The molecule has 1 N–H and O–H groups in total. The minimum atomic E-state index is -0.976. The van der Waals surface area contributed by atoms with Crippen LogP contribution in [0.25, 0.3) is 0 Å². The van der Waals surface area contributed by atoms with Crippen molar-refractivity contribution >= 4 is 11.7 Å². The van der Waals surface area contributed by atoms with Gasteiger partial charge in [-0.3, -0.25) is 0 Å². The molecule has 1 aliphatic heterocycles. The number of oxime groups is 1. The Hall–Kier alpha value is -1.06. The molecule has 1 aliphatic rings. The van der Waals surface area contributed by atoms with Gasteiger partial charge in [-0.2, -0.15) is 0 Å². The van der Waals surface area contributed by atoms with Gasteiger partial charge in [0, 0.05) is 6.42 Å².